The van der Waals surface area contributed by atoms with Crippen LogP contribution in [0.3, 0.4) is 0 Å². The van der Waals surface area contributed by atoms with Gasteiger partial charge in [-0.05, 0) is 18.9 Å². The van der Waals surface area contributed by atoms with E-state index in [1.54, 1.807) is 11.0 Å². The van der Waals surface area contributed by atoms with Gasteiger partial charge >= 0.3 is 0 Å². The Morgan fingerprint density at radius 1 is 1.47 bits per heavy atom. The van der Waals surface area contributed by atoms with Crippen LogP contribution in [0.1, 0.15) is 36.3 Å². The van der Waals surface area contributed by atoms with Crippen LogP contribution in [-0.2, 0) is 0 Å². The first-order valence-electron chi connectivity index (χ1n) is 6.29. The van der Waals surface area contributed by atoms with Gasteiger partial charge in [-0.15, -0.1) is 5.10 Å². The second kappa shape index (κ2) is 5.63. The molecule has 2 rings (SSSR count). The molecule has 1 aromatic heterocycles. The molecule has 0 spiro atoms. The molecule has 0 saturated carbocycles. The standard InChI is InChI=1S/C14H17N5/c1-3-12(16)14(11-6-4-5-10(2)7-11)19-9-17-13(8-15)18-19/h4-7,9,12,14H,3,16H2,1-2H3. The van der Waals surface area contributed by atoms with Gasteiger partial charge in [0.25, 0.3) is 5.82 Å². The maximum absolute atomic E-state index is 8.82. The predicted octanol–water partition coefficient (Wildman–Crippen LogP) is 1.78. The van der Waals surface area contributed by atoms with Crippen molar-refractivity contribution in [2.24, 2.45) is 5.73 Å². The number of aryl methyl sites for hydroxylation is 1. The first kappa shape index (κ1) is 13.2. The highest BCUT2D eigenvalue weighted by molar-refractivity contribution is 5.27. The monoisotopic (exact) mass is 255 g/mol. The van der Waals surface area contributed by atoms with E-state index < -0.39 is 0 Å². The van der Waals surface area contributed by atoms with Crippen LogP contribution >= 0.6 is 0 Å². The highest BCUT2D eigenvalue weighted by Gasteiger charge is 2.22. The summed E-state index contributed by atoms with van der Waals surface area (Å²) in [6, 6.07) is 9.93. The van der Waals surface area contributed by atoms with E-state index in [1.807, 2.05) is 38.1 Å². The Balaban J connectivity index is 2.44. The molecule has 1 aromatic carbocycles. The fraction of sp³-hybridized carbons (Fsp3) is 0.357. The van der Waals surface area contributed by atoms with Gasteiger partial charge in [-0.1, -0.05) is 36.8 Å². The second-order valence-electron chi connectivity index (χ2n) is 4.59. The summed E-state index contributed by atoms with van der Waals surface area (Å²) in [5.74, 6) is 0.168. The fourth-order valence-corrected chi connectivity index (χ4v) is 2.13. The first-order valence-corrected chi connectivity index (χ1v) is 6.29. The Morgan fingerprint density at radius 2 is 2.26 bits per heavy atom. The molecule has 2 aromatic rings. The molecule has 2 atom stereocenters. The van der Waals surface area contributed by atoms with Crippen LogP contribution in [-0.4, -0.2) is 20.8 Å². The smallest absolute Gasteiger partial charge is 0.252 e. The number of nitrogens with zero attached hydrogens (tertiary/aromatic N) is 4. The number of rotatable bonds is 4. The van der Waals surface area contributed by atoms with E-state index in [2.05, 4.69) is 16.1 Å². The molecule has 0 amide bonds. The zero-order valence-corrected chi connectivity index (χ0v) is 11.1. The van der Waals surface area contributed by atoms with Crippen molar-refractivity contribution >= 4 is 0 Å². The van der Waals surface area contributed by atoms with Crippen molar-refractivity contribution < 1.29 is 0 Å². The van der Waals surface area contributed by atoms with E-state index in [1.165, 1.54) is 5.56 Å². The molecule has 98 valence electrons. The average molecular weight is 255 g/mol. The van der Waals surface area contributed by atoms with Crippen LogP contribution < -0.4 is 5.73 Å². The fourth-order valence-electron chi connectivity index (χ4n) is 2.13. The summed E-state index contributed by atoms with van der Waals surface area (Å²) < 4.78 is 1.68. The van der Waals surface area contributed by atoms with Crippen LogP contribution in [0.15, 0.2) is 30.6 Å². The van der Waals surface area contributed by atoms with Crippen molar-refractivity contribution in [2.75, 3.05) is 0 Å². The Hall–Kier alpha value is -2.19. The normalized spacial score (nSPS) is 13.8. The van der Waals surface area contributed by atoms with Crippen LogP contribution in [0.4, 0.5) is 0 Å². The molecule has 19 heavy (non-hydrogen) atoms. The summed E-state index contributed by atoms with van der Waals surface area (Å²) in [6.45, 7) is 4.08. The van der Waals surface area contributed by atoms with Gasteiger partial charge in [-0.3, -0.25) is 0 Å². The van der Waals surface area contributed by atoms with Crippen molar-refractivity contribution in [3.63, 3.8) is 0 Å². The van der Waals surface area contributed by atoms with E-state index in [-0.39, 0.29) is 17.9 Å². The first-order chi connectivity index (χ1) is 9.15. The number of benzene rings is 1. The van der Waals surface area contributed by atoms with Gasteiger partial charge in [-0.2, -0.15) is 5.26 Å². The minimum absolute atomic E-state index is 0.0740. The Morgan fingerprint density at radius 3 is 2.84 bits per heavy atom. The third-order valence-electron chi connectivity index (χ3n) is 3.15. The number of hydrogen-bond acceptors (Lipinski definition) is 4. The molecule has 2 N–H and O–H groups in total. The lowest BCUT2D eigenvalue weighted by molar-refractivity contribution is 0.422. The quantitative estimate of drug-likeness (QED) is 0.903. The van der Waals surface area contributed by atoms with Gasteiger partial charge < -0.3 is 5.73 Å². The van der Waals surface area contributed by atoms with Gasteiger partial charge in [0.1, 0.15) is 12.4 Å². The molecule has 5 heteroatoms. The van der Waals surface area contributed by atoms with Gasteiger partial charge in [0.2, 0.25) is 0 Å². The van der Waals surface area contributed by atoms with Gasteiger partial charge in [0.05, 0.1) is 6.04 Å². The molecule has 5 nitrogen and oxygen atoms in total. The molecule has 0 aliphatic heterocycles. The van der Waals surface area contributed by atoms with Crippen molar-refractivity contribution in [1.82, 2.24) is 14.8 Å². The molecule has 0 saturated heterocycles. The molecule has 1 heterocycles. The van der Waals surface area contributed by atoms with Gasteiger partial charge in [0.15, 0.2) is 0 Å². The predicted molar refractivity (Wildman–Crippen MR) is 72.3 cm³/mol. The maximum Gasteiger partial charge on any atom is 0.252 e. The van der Waals surface area contributed by atoms with E-state index in [0.717, 1.165) is 12.0 Å². The highest BCUT2D eigenvalue weighted by Crippen LogP contribution is 2.22. The Labute approximate surface area is 112 Å². The number of nitriles is 1. The molecule has 0 aliphatic rings. The van der Waals surface area contributed by atoms with Crippen molar-refractivity contribution in [1.29, 1.82) is 5.26 Å². The SMILES string of the molecule is CCC(N)C(c1cccc(C)c1)n1cnc(C#N)n1. The molecule has 2 unspecified atom stereocenters. The lowest BCUT2D eigenvalue weighted by Crippen LogP contribution is -2.33. The maximum atomic E-state index is 8.82. The topological polar surface area (TPSA) is 80.5 Å². The number of aromatic nitrogens is 3. The summed E-state index contributed by atoms with van der Waals surface area (Å²) in [5, 5.41) is 13.0. The van der Waals surface area contributed by atoms with Gasteiger partial charge in [0, 0.05) is 6.04 Å². The lowest BCUT2D eigenvalue weighted by Gasteiger charge is -2.23. The Kier molecular flexibility index (Phi) is 3.93. The average Bonchev–Trinajstić information content (AvgIpc) is 2.87. The van der Waals surface area contributed by atoms with Crippen LogP contribution in [0.5, 0.6) is 0 Å². The summed E-state index contributed by atoms with van der Waals surface area (Å²) in [7, 11) is 0. The Bertz CT molecular complexity index is 596. The van der Waals surface area contributed by atoms with Gasteiger partial charge in [-0.25, -0.2) is 9.67 Å². The van der Waals surface area contributed by atoms with Crippen molar-refractivity contribution in [2.45, 2.75) is 32.4 Å². The second-order valence-corrected chi connectivity index (χ2v) is 4.59. The summed E-state index contributed by atoms with van der Waals surface area (Å²) in [4.78, 5) is 3.96. The zero-order valence-electron chi connectivity index (χ0n) is 11.1. The molecule has 0 bridgehead atoms. The summed E-state index contributed by atoms with van der Waals surface area (Å²) in [6.07, 6.45) is 2.39. The lowest BCUT2D eigenvalue weighted by atomic mass is 9.97. The van der Waals surface area contributed by atoms with Crippen LogP contribution in [0.2, 0.25) is 0 Å². The van der Waals surface area contributed by atoms with E-state index in [9.17, 15) is 0 Å². The van der Waals surface area contributed by atoms with E-state index in [0.29, 0.717) is 0 Å². The minimum atomic E-state index is -0.0977. The highest BCUT2D eigenvalue weighted by atomic mass is 15.4. The van der Waals surface area contributed by atoms with Crippen molar-refractivity contribution in [3.05, 3.63) is 47.5 Å². The largest absolute Gasteiger partial charge is 0.326 e. The van der Waals surface area contributed by atoms with E-state index in [4.69, 9.17) is 11.0 Å². The van der Waals surface area contributed by atoms with Crippen LogP contribution in [0.25, 0.3) is 0 Å². The van der Waals surface area contributed by atoms with E-state index >= 15 is 0 Å². The van der Waals surface area contributed by atoms with Crippen LogP contribution in [0, 0.1) is 18.3 Å². The van der Waals surface area contributed by atoms with Crippen molar-refractivity contribution in [3.8, 4) is 6.07 Å². The summed E-state index contributed by atoms with van der Waals surface area (Å²) >= 11 is 0. The minimum Gasteiger partial charge on any atom is -0.326 e. The number of hydrogen-bond donors (Lipinski definition) is 1. The molecular weight excluding hydrogens is 238 g/mol. The molecule has 0 radical (unpaired) electrons. The molecule has 0 fully saturated rings. The zero-order chi connectivity index (χ0) is 13.8. The molecular formula is C14H17N5. The number of nitrogens with two attached hydrogens (primary N) is 1. The third kappa shape index (κ3) is 2.80. The summed E-state index contributed by atoms with van der Waals surface area (Å²) in [5.41, 5.74) is 8.47. The molecule has 0 aliphatic carbocycles. The third-order valence-corrected chi connectivity index (χ3v) is 3.15.